The molecule has 0 spiro atoms. The third kappa shape index (κ3) is 5.46. The highest BCUT2D eigenvalue weighted by molar-refractivity contribution is 7.09. The summed E-state index contributed by atoms with van der Waals surface area (Å²) in [7, 11) is 1.98. The molecule has 0 aliphatic heterocycles. The zero-order chi connectivity index (χ0) is 15.2. The molecule has 2 rings (SSSR count). The van der Waals surface area contributed by atoms with Crippen molar-refractivity contribution in [3.8, 4) is 5.75 Å². The van der Waals surface area contributed by atoms with Gasteiger partial charge in [-0.05, 0) is 33.0 Å². The Morgan fingerprint density at radius 3 is 2.62 bits per heavy atom. The summed E-state index contributed by atoms with van der Waals surface area (Å²) in [5.41, 5.74) is 2.24. The molecule has 1 heterocycles. The van der Waals surface area contributed by atoms with Crippen molar-refractivity contribution in [2.75, 3.05) is 20.2 Å². The second-order valence-corrected chi connectivity index (χ2v) is 6.30. The molecule has 114 valence electrons. The van der Waals surface area contributed by atoms with Crippen LogP contribution in [0.15, 0.2) is 29.6 Å². The van der Waals surface area contributed by atoms with E-state index in [1.165, 1.54) is 5.56 Å². The molecule has 1 aromatic carbocycles. The molecule has 0 aliphatic rings. The summed E-state index contributed by atoms with van der Waals surface area (Å²) >= 11 is 1.65. The van der Waals surface area contributed by atoms with E-state index in [9.17, 15) is 5.11 Å². The average molecular weight is 306 g/mol. The lowest BCUT2D eigenvalue weighted by Gasteiger charge is -2.19. The Morgan fingerprint density at radius 2 is 2.00 bits per heavy atom. The molecular weight excluding hydrogens is 284 g/mol. The molecular formula is C16H22N2O2S. The van der Waals surface area contributed by atoms with Crippen LogP contribution in [-0.4, -0.2) is 41.3 Å². The van der Waals surface area contributed by atoms with Gasteiger partial charge in [-0.1, -0.05) is 17.7 Å². The van der Waals surface area contributed by atoms with E-state index in [-0.39, 0.29) is 0 Å². The van der Waals surface area contributed by atoms with E-state index in [0.717, 1.165) is 23.0 Å². The summed E-state index contributed by atoms with van der Waals surface area (Å²) in [6, 6.07) is 7.84. The first-order valence-electron chi connectivity index (χ1n) is 7.00. The van der Waals surface area contributed by atoms with E-state index < -0.39 is 6.10 Å². The maximum absolute atomic E-state index is 10.0. The van der Waals surface area contributed by atoms with Crippen LogP contribution in [-0.2, 0) is 6.54 Å². The smallest absolute Gasteiger partial charge is 0.119 e. The highest BCUT2D eigenvalue weighted by Gasteiger charge is 2.11. The summed E-state index contributed by atoms with van der Waals surface area (Å²) in [5.74, 6) is 0.790. The quantitative estimate of drug-likeness (QED) is 0.854. The van der Waals surface area contributed by atoms with Crippen LogP contribution < -0.4 is 4.74 Å². The Bertz CT molecular complexity index is 554. The van der Waals surface area contributed by atoms with Crippen LogP contribution in [0, 0.1) is 13.8 Å². The lowest BCUT2D eigenvalue weighted by molar-refractivity contribution is 0.0743. The molecule has 4 nitrogen and oxygen atoms in total. The number of hydrogen-bond donors (Lipinski definition) is 1. The number of aryl methyl sites for hydroxylation is 2. The fourth-order valence-electron chi connectivity index (χ4n) is 2.01. The van der Waals surface area contributed by atoms with E-state index >= 15 is 0 Å². The van der Waals surface area contributed by atoms with Gasteiger partial charge < -0.3 is 9.84 Å². The first-order chi connectivity index (χ1) is 10.0. The zero-order valence-electron chi connectivity index (χ0n) is 12.7. The number of thiazole rings is 1. The Balaban J connectivity index is 1.73. The predicted molar refractivity (Wildman–Crippen MR) is 85.9 cm³/mol. The van der Waals surface area contributed by atoms with Gasteiger partial charge >= 0.3 is 0 Å². The van der Waals surface area contributed by atoms with Crippen LogP contribution in [0.2, 0.25) is 0 Å². The Labute approximate surface area is 130 Å². The number of aliphatic hydroxyl groups excluding tert-OH is 1. The van der Waals surface area contributed by atoms with Crippen LogP contribution in [0.25, 0.3) is 0 Å². The van der Waals surface area contributed by atoms with Crippen LogP contribution in [0.4, 0.5) is 0 Å². The average Bonchev–Trinajstić information content (AvgIpc) is 2.83. The molecule has 21 heavy (non-hydrogen) atoms. The highest BCUT2D eigenvalue weighted by atomic mass is 32.1. The molecule has 1 unspecified atom stereocenters. The van der Waals surface area contributed by atoms with Crippen molar-refractivity contribution in [1.29, 1.82) is 0 Å². The molecule has 0 saturated carbocycles. The maximum Gasteiger partial charge on any atom is 0.119 e. The number of rotatable bonds is 7. The molecule has 2 aromatic rings. The normalized spacial score (nSPS) is 12.6. The Morgan fingerprint density at radius 1 is 1.29 bits per heavy atom. The number of aliphatic hydroxyl groups is 1. The van der Waals surface area contributed by atoms with Crippen LogP contribution in [0.5, 0.6) is 5.75 Å². The lowest BCUT2D eigenvalue weighted by Crippen LogP contribution is -2.32. The minimum atomic E-state index is -0.516. The van der Waals surface area contributed by atoms with Gasteiger partial charge in [0, 0.05) is 17.6 Å². The van der Waals surface area contributed by atoms with Crippen molar-refractivity contribution in [2.24, 2.45) is 0 Å². The van der Waals surface area contributed by atoms with Gasteiger partial charge in [-0.3, -0.25) is 4.90 Å². The minimum Gasteiger partial charge on any atom is -0.491 e. The van der Waals surface area contributed by atoms with Gasteiger partial charge in [-0.2, -0.15) is 0 Å². The fourth-order valence-corrected chi connectivity index (χ4v) is 2.86. The molecule has 1 N–H and O–H groups in total. The third-order valence-corrected chi connectivity index (χ3v) is 4.01. The number of benzene rings is 1. The van der Waals surface area contributed by atoms with Gasteiger partial charge in [0.15, 0.2) is 0 Å². The van der Waals surface area contributed by atoms with Gasteiger partial charge in [0.25, 0.3) is 0 Å². The first-order valence-corrected chi connectivity index (χ1v) is 7.88. The van der Waals surface area contributed by atoms with Crippen molar-refractivity contribution in [3.05, 3.63) is 45.9 Å². The first kappa shape index (κ1) is 15.9. The summed E-state index contributed by atoms with van der Waals surface area (Å²) in [4.78, 5) is 6.48. The zero-order valence-corrected chi connectivity index (χ0v) is 13.6. The second kappa shape index (κ2) is 7.54. The van der Waals surface area contributed by atoms with Gasteiger partial charge in [0.05, 0.1) is 6.54 Å². The van der Waals surface area contributed by atoms with Gasteiger partial charge in [-0.15, -0.1) is 11.3 Å². The van der Waals surface area contributed by atoms with Crippen molar-refractivity contribution in [3.63, 3.8) is 0 Å². The predicted octanol–water partition coefficient (Wildman–Crippen LogP) is 2.63. The van der Waals surface area contributed by atoms with Crippen LogP contribution in [0.1, 0.15) is 16.3 Å². The Kier molecular flexibility index (Phi) is 5.73. The summed E-state index contributed by atoms with van der Waals surface area (Å²) in [6.07, 6.45) is -0.516. The molecule has 0 amide bonds. The number of aromatic nitrogens is 1. The monoisotopic (exact) mass is 306 g/mol. The van der Waals surface area contributed by atoms with Gasteiger partial charge in [0.1, 0.15) is 23.5 Å². The second-order valence-electron chi connectivity index (χ2n) is 5.36. The van der Waals surface area contributed by atoms with Crippen LogP contribution in [0.3, 0.4) is 0 Å². The molecule has 0 saturated heterocycles. The van der Waals surface area contributed by atoms with Crippen LogP contribution >= 0.6 is 11.3 Å². The Hall–Kier alpha value is -1.43. The third-order valence-electron chi connectivity index (χ3n) is 3.06. The molecule has 0 radical (unpaired) electrons. The standard InChI is InChI=1S/C16H22N2O2S/c1-12-4-6-15(7-5-12)20-10-14(19)8-18(3)9-16-17-13(2)11-21-16/h4-7,11,14,19H,8-10H2,1-3H3. The lowest BCUT2D eigenvalue weighted by atomic mass is 10.2. The molecule has 0 fully saturated rings. The van der Waals surface area contributed by atoms with E-state index in [4.69, 9.17) is 4.74 Å². The molecule has 0 aliphatic carbocycles. The van der Waals surface area contributed by atoms with Crippen molar-refractivity contribution in [2.45, 2.75) is 26.5 Å². The van der Waals surface area contributed by atoms with Gasteiger partial charge in [-0.25, -0.2) is 4.98 Å². The molecule has 1 aromatic heterocycles. The SMILES string of the molecule is Cc1ccc(OCC(O)CN(C)Cc2nc(C)cs2)cc1. The highest BCUT2D eigenvalue weighted by Crippen LogP contribution is 2.13. The van der Waals surface area contributed by atoms with E-state index in [1.807, 2.05) is 50.5 Å². The minimum absolute atomic E-state index is 0.296. The van der Waals surface area contributed by atoms with E-state index in [1.54, 1.807) is 11.3 Å². The van der Waals surface area contributed by atoms with E-state index in [2.05, 4.69) is 9.88 Å². The largest absolute Gasteiger partial charge is 0.491 e. The number of ether oxygens (including phenoxy) is 1. The fraction of sp³-hybridized carbons (Fsp3) is 0.438. The van der Waals surface area contributed by atoms with Gasteiger partial charge in [0.2, 0.25) is 0 Å². The number of hydrogen-bond acceptors (Lipinski definition) is 5. The summed E-state index contributed by atoms with van der Waals surface area (Å²) in [5, 5.41) is 13.1. The van der Waals surface area contributed by atoms with Crippen molar-refractivity contribution >= 4 is 11.3 Å². The molecule has 1 atom stereocenters. The molecule has 0 bridgehead atoms. The topological polar surface area (TPSA) is 45.6 Å². The number of likely N-dealkylation sites (N-methyl/N-ethyl adjacent to an activating group) is 1. The number of nitrogens with zero attached hydrogens (tertiary/aromatic N) is 2. The van der Waals surface area contributed by atoms with Crippen molar-refractivity contribution < 1.29 is 9.84 Å². The summed E-state index contributed by atoms with van der Waals surface area (Å²) in [6.45, 7) is 5.63. The van der Waals surface area contributed by atoms with Crippen molar-refractivity contribution in [1.82, 2.24) is 9.88 Å². The van der Waals surface area contributed by atoms with E-state index in [0.29, 0.717) is 13.2 Å². The maximum atomic E-state index is 10.0. The molecule has 5 heteroatoms. The summed E-state index contributed by atoms with van der Waals surface area (Å²) < 4.78 is 5.59.